The fourth-order valence-electron chi connectivity index (χ4n) is 4.03. The van der Waals surface area contributed by atoms with E-state index in [-0.39, 0.29) is 0 Å². The molecule has 0 saturated carbocycles. The Morgan fingerprint density at radius 3 is 2.75 bits per heavy atom. The highest BCUT2D eigenvalue weighted by Crippen LogP contribution is 2.43. The molecule has 1 aliphatic carbocycles. The van der Waals surface area contributed by atoms with Gasteiger partial charge in [-0.15, -0.1) is 0 Å². The molecule has 4 rings (SSSR count). The molecule has 0 aromatic heterocycles. The van der Waals surface area contributed by atoms with E-state index in [2.05, 4.69) is 54.7 Å². The molecule has 1 heterocycles. The second-order valence-electron chi connectivity index (χ2n) is 6.29. The van der Waals surface area contributed by atoms with Crippen molar-refractivity contribution in [2.75, 3.05) is 13.1 Å². The molecule has 0 unspecified atom stereocenters. The quantitative estimate of drug-likeness (QED) is 0.822. The van der Waals surface area contributed by atoms with Gasteiger partial charge in [0.1, 0.15) is 0 Å². The van der Waals surface area contributed by atoms with Crippen molar-refractivity contribution in [1.82, 2.24) is 5.32 Å². The number of rotatable bonds is 1. The molecule has 1 aliphatic heterocycles. The van der Waals surface area contributed by atoms with Crippen LogP contribution >= 0.6 is 0 Å². The van der Waals surface area contributed by atoms with Crippen LogP contribution in [-0.4, -0.2) is 13.1 Å². The van der Waals surface area contributed by atoms with E-state index in [4.69, 9.17) is 0 Å². The summed E-state index contributed by atoms with van der Waals surface area (Å²) in [6.45, 7) is 4.64. The highest BCUT2D eigenvalue weighted by Gasteiger charge is 2.35. The van der Waals surface area contributed by atoms with E-state index in [0.29, 0.717) is 0 Å². The lowest BCUT2D eigenvalue weighted by molar-refractivity contribution is 0.347. The van der Waals surface area contributed by atoms with Crippen LogP contribution in [0.3, 0.4) is 0 Å². The molecule has 2 atom stereocenters. The summed E-state index contributed by atoms with van der Waals surface area (Å²) in [5.41, 5.74) is 7.44. The van der Waals surface area contributed by atoms with Crippen molar-refractivity contribution in [2.24, 2.45) is 5.92 Å². The highest BCUT2D eigenvalue weighted by atomic mass is 14.9. The molecule has 2 aliphatic rings. The third-order valence-corrected chi connectivity index (χ3v) is 5.11. The number of benzene rings is 2. The fourth-order valence-corrected chi connectivity index (χ4v) is 4.03. The van der Waals surface area contributed by atoms with Gasteiger partial charge in [-0.3, -0.25) is 0 Å². The number of aryl methyl sites for hydroxylation is 1. The first-order valence-corrected chi connectivity index (χ1v) is 7.72. The summed E-state index contributed by atoms with van der Waals surface area (Å²) in [5.74, 6) is 1.61. The van der Waals surface area contributed by atoms with E-state index in [1.54, 1.807) is 11.1 Å². The minimum absolute atomic E-state index is 0.737. The maximum absolute atomic E-state index is 3.58. The summed E-state index contributed by atoms with van der Waals surface area (Å²) < 4.78 is 0. The van der Waals surface area contributed by atoms with Gasteiger partial charge in [0.25, 0.3) is 0 Å². The van der Waals surface area contributed by atoms with E-state index in [1.165, 1.54) is 36.1 Å². The SMILES string of the molecule is Cc1cc(-c2ccccc2)cc2c1C[C@H]1CCNC[C@@H]21. The van der Waals surface area contributed by atoms with Gasteiger partial charge in [-0.1, -0.05) is 42.5 Å². The first-order valence-electron chi connectivity index (χ1n) is 7.72. The van der Waals surface area contributed by atoms with Crippen LogP contribution in [0.1, 0.15) is 29.0 Å². The van der Waals surface area contributed by atoms with Crippen molar-refractivity contribution in [1.29, 1.82) is 0 Å². The van der Waals surface area contributed by atoms with E-state index < -0.39 is 0 Å². The standard InChI is InChI=1S/C19H21N/c1-13-9-16(14-5-3-2-4-6-14)11-18-17(13)10-15-7-8-20-12-19(15)18/h2-6,9,11,15,19-20H,7-8,10,12H2,1H3/t15-,19-/m1/s1. The number of hydrogen-bond acceptors (Lipinski definition) is 1. The molecule has 1 N–H and O–H groups in total. The molecule has 1 fully saturated rings. The Morgan fingerprint density at radius 2 is 1.90 bits per heavy atom. The van der Waals surface area contributed by atoms with Crippen LogP contribution in [0.15, 0.2) is 42.5 Å². The van der Waals surface area contributed by atoms with Crippen molar-refractivity contribution in [3.8, 4) is 11.1 Å². The molecule has 0 radical (unpaired) electrons. The minimum atomic E-state index is 0.737. The van der Waals surface area contributed by atoms with Crippen LogP contribution in [0, 0.1) is 12.8 Å². The summed E-state index contributed by atoms with van der Waals surface area (Å²) in [5, 5.41) is 3.58. The fraction of sp³-hybridized carbons (Fsp3) is 0.368. The second kappa shape index (κ2) is 4.75. The Bertz CT molecular complexity index is 630. The summed E-state index contributed by atoms with van der Waals surface area (Å²) >= 11 is 0. The molecular formula is C19H21N. The van der Waals surface area contributed by atoms with Gasteiger partial charge in [0.15, 0.2) is 0 Å². The Morgan fingerprint density at radius 1 is 1.05 bits per heavy atom. The first kappa shape index (κ1) is 12.2. The van der Waals surface area contributed by atoms with E-state index in [1.807, 2.05) is 0 Å². The molecule has 2 aromatic carbocycles. The van der Waals surface area contributed by atoms with Gasteiger partial charge in [-0.25, -0.2) is 0 Å². The molecule has 20 heavy (non-hydrogen) atoms. The lowest BCUT2D eigenvalue weighted by Gasteiger charge is -2.26. The minimum Gasteiger partial charge on any atom is -0.316 e. The third kappa shape index (κ3) is 1.89. The lowest BCUT2D eigenvalue weighted by atomic mass is 9.86. The molecular weight excluding hydrogens is 242 g/mol. The number of piperidine rings is 1. The maximum atomic E-state index is 3.58. The highest BCUT2D eigenvalue weighted by molar-refractivity contribution is 5.67. The number of hydrogen-bond donors (Lipinski definition) is 1. The zero-order chi connectivity index (χ0) is 13.5. The molecule has 1 saturated heterocycles. The Balaban J connectivity index is 1.81. The molecule has 0 bridgehead atoms. The van der Waals surface area contributed by atoms with Crippen LogP contribution in [0.4, 0.5) is 0 Å². The zero-order valence-corrected chi connectivity index (χ0v) is 12.0. The first-order chi connectivity index (χ1) is 9.83. The van der Waals surface area contributed by atoms with Gasteiger partial charge < -0.3 is 5.32 Å². The Kier molecular flexibility index (Phi) is 2.89. The molecule has 0 amide bonds. The van der Waals surface area contributed by atoms with Crippen LogP contribution in [0.25, 0.3) is 11.1 Å². The molecule has 102 valence electrons. The average molecular weight is 263 g/mol. The summed E-state index contributed by atoms with van der Waals surface area (Å²) in [7, 11) is 0. The van der Waals surface area contributed by atoms with Crippen LogP contribution < -0.4 is 5.32 Å². The van der Waals surface area contributed by atoms with Crippen LogP contribution in [0.5, 0.6) is 0 Å². The number of nitrogens with one attached hydrogen (secondary N) is 1. The molecule has 2 aromatic rings. The Labute approximate surface area is 121 Å². The van der Waals surface area contributed by atoms with Crippen LogP contribution in [-0.2, 0) is 6.42 Å². The summed E-state index contributed by atoms with van der Waals surface area (Å²) in [6, 6.07) is 15.6. The summed E-state index contributed by atoms with van der Waals surface area (Å²) in [6.07, 6.45) is 2.63. The van der Waals surface area contributed by atoms with Crippen LogP contribution in [0.2, 0.25) is 0 Å². The van der Waals surface area contributed by atoms with Crippen molar-refractivity contribution in [2.45, 2.75) is 25.7 Å². The van der Waals surface area contributed by atoms with Gasteiger partial charge in [0.05, 0.1) is 0 Å². The third-order valence-electron chi connectivity index (χ3n) is 5.11. The zero-order valence-electron chi connectivity index (χ0n) is 12.0. The predicted octanol–water partition coefficient (Wildman–Crippen LogP) is 3.91. The van der Waals surface area contributed by atoms with E-state index in [9.17, 15) is 0 Å². The van der Waals surface area contributed by atoms with Crippen molar-refractivity contribution in [3.63, 3.8) is 0 Å². The number of fused-ring (bicyclic) bond motifs is 3. The van der Waals surface area contributed by atoms with Gasteiger partial charge in [-0.2, -0.15) is 0 Å². The van der Waals surface area contributed by atoms with Gasteiger partial charge in [-0.05, 0) is 66.0 Å². The molecule has 1 nitrogen and oxygen atoms in total. The molecule has 1 heteroatoms. The van der Waals surface area contributed by atoms with Gasteiger partial charge >= 0.3 is 0 Å². The summed E-state index contributed by atoms with van der Waals surface area (Å²) in [4.78, 5) is 0. The van der Waals surface area contributed by atoms with E-state index >= 15 is 0 Å². The van der Waals surface area contributed by atoms with Crippen molar-refractivity contribution in [3.05, 3.63) is 59.2 Å². The largest absolute Gasteiger partial charge is 0.316 e. The monoisotopic (exact) mass is 263 g/mol. The maximum Gasteiger partial charge on any atom is 0.00230 e. The Hall–Kier alpha value is -1.60. The van der Waals surface area contributed by atoms with Gasteiger partial charge in [0, 0.05) is 6.54 Å². The normalized spacial score (nSPS) is 24.2. The smallest absolute Gasteiger partial charge is 0.00230 e. The van der Waals surface area contributed by atoms with Crippen molar-refractivity contribution < 1.29 is 0 Å². The lowest BCUT2D eigenvalue weighted by Crippen LogP contribution is -2.32. The second-order valence-corrected chi connectivity index (χ2v) is 6.29. The van der Waals surface area contributed by atoms with Crippen molar-refractivity contribution >= 4 is 0 Å². The topological polar surface area (TPSA) is 12.0 Å². The average Bonchev–Trinajstić information content (AvgIpc) is 2.88. The van der Waals surface area contributed by atoms with Gasteiger partial charge in [0.2, 0.25) is 0 Å². The predicted molar refractivity (Wildman–Crippen MR) is 84.0 cm³/mol. The van der Waals surface area contributed by atoms with E-state index in [0.717, 1.165) is 18.4 Å². The molecule has 0 spiro atoms.